The molecule has 0 aromatic carbocycles. The smallest absolute Gasteiger partial charge is 0.223 e. The largest absolute Gasteiger partial charge is 0.336 e. The van der Waals surface area contributed by atoms with E-state index in [1.807, 2.05) is 4.90 Å². The third-order valence-electron chi connectivity index (χ3n) is 5.91. The van der Waals surface area contributed by atoms with Gasteiger partial charge in [0.15, 0.2) is 0 Å². The number of hydrogen-bond acceptors (Lipinski definition) is 4. The predicted octanol–water partition coefficient (Wildman–Crippen LogP) is 5.97. The zero-order chi connectivity index (χ0) is 23.1. The molecule has 5 nitrogen and oxygen atoms in total. The lowest BCUT2D eigenvalue weighted by Crippen LogP contribution is -2.46. The minimum Gasteiger partial charge on any atom is -0.336 e. The monoisotopic (exact) mass is 436 g/mol. The van der Waals surface area contributed by atoms with Crippen molar-refractivity contribution in [2.24, 2.45) is 11.8 Å². The molecule has 1 aliphatic carbocycles. The van der Waals surface area contributed by atoms with E-state index < -0.39 is 0 Å². The van der Waals surface area contributed by atoms with E-state index in [2.05, 4.69) is 57.0 Å². The highest BCUT2D eigenvalue weighted by Crippen LogP contribution is 2.32. The third-order valence-corrected chi connectivity index (χ3v) is 5.91. The van der Waals surface area contributed by atoms with Crippen LogP contribution in [0, 0.1) is 11.8 Å². The van der Waals surface area contributed by atoms with Crippen molar-refractivity contribution in [3.8, 4) is 0 Å². The fourth-order valence-corrected chi connectivity index (χ4v) is 4.19. The first-order valence-electron chi connectivity index (χ1n) is 12.6. The third kappa shape index (κ3) is 11.3. The normalized spacial score (nSPS) is 19.4. The van der Waals surface area contributed by atoms with E-state index in [-0.39, 0.29) is 18.6 Å². The summed E-state index contributed by atoms with van der Waals surface area (Å²) in [4.78, 5) is 18.4. The Hall–Kier alpha value is -1.17. The van der Waals surface area contributed by atoms with E-state index in [1.165, 1.54) is 36.8 Å². The van der Waals surface area contributed by atoms with Gasteiger partial charge in [0.25, 0.3) is 0 Å². The van der Waals surface area contributed by atoms with Gasteiger partial charge in [0.2, 0.25) is 5.91 Å². The second-order valence-corrected chi connectivity index (χ2v) is 9.61. The summed E-state index contributed by atoms with van der Waals surface area (Å²) in [6.07, 6.45) is 13.9. The molecule has 0 bridgehead atoms. The molecular formula is C26H48N2O3. The zero-order valence-electron chi connectivity index (χ0n) is 20.8. The maximum atomic E-state index is 12.3. The lowest BCUT2D eigenvalue weighted by Gasteiger charge is -2.39. The summed E-state index contributed by atoms with van der Waals surface area (Å²) in [5.74, 6) is 1.72. The first-order chi connectivity index (χ1) is 14.9. The van der Waals surface area contributed by atoms with Gasteiger partial charge in [0.1, 0.15) is 0 Å². The summed E-state index contributed by atoms with van der Waals surface area (Å²) >= 11 is 0. The average molecular weight is 437 g/mol. The fraction of sp³-hybridized carbons (Fsp3) is 0.808. The number of fused-ring (bicyclic) bond motifs is 1. The number of nitrogens with zero attached hydrogens (tertiary/aromatic N) is 1. The van der Waals surface area contributed by atoms with Crippen LogP contribution in [0.2, 0.25) is 0 Å². The summed E-state index contributed by atoms with van der Waals surface area (Å²) in [7, 11) is 0. The van der Waals surface area contributed by atoms with Crippen molar-refractivity contribution in [2.75, 3.05) is 26.2 Å². The molecule has 0 aromatic rings. The van der Waals surface area contributed by atoms with Crippen molar-refractivity contribution in [3.05, 3.63) is 23.3 Å². The van der Waals surface area contributed by atoms with Crippen LogP contribution in [0.3, 0.4) is 0 Å². The Kier molecular flexibility index (Phi) is 14.8. The van der Waals surface area contributed by atoms with Gasteiger partial charge >= 0.3 is 0 Å². The van der Waals surface area contributed by atoms with Crippen molar-refractivity contribution >= 4 is 5.91 Å². The van der Waals surface area contributed by atoms with Crippen molar-refractivity contribution in [2.45, 2.75) is 98.4 Å². The van der Waals surface area contributed by atoms with Crippen LogP contribution in [0.25, 0.3) is 0 Å². The highest BCUT2D eigenvalue weighted by Gasteiger charge is 2.32. The molecule has 1 heterocycles. The van der Waals surface area contributed by atoms with E-state index in [4.69, 9.17) is 5.26 Å². The molecule has 5 heteroatoms. The van der Waals surface area contributed by atoms with Crippen molar-refractivity contribution < 1.29 is 14.9 Å². The Bertz CT molecular complexity index is 557. The minimum absolute atomic E-state index is 0.216. The molecule has 0 spiro atoms. The Morgan fingerprint density at radius 1 is 1.19 bits per heavy atom. The second-order valence-electron chi connectivity index (χ2n) is 9.61. The Balaban J connectivity index is 0.00000151. The van der Waals surface area contributed by atoms with Gasteiger partial charge in [-0.25, -0.2) is 4.89 Å². The molecule has 2 atom stereocenters. The van der Waals surface area contributed by atoms with Gasteiger partial charge in [-0.15, -0.1) is 0 Å². The van der Waals surface area contributed by atoms with E-state index in [0.717, 1.165) is 38.3 Å². The number of allylic oxidation sites excluding steroid dienone is 2. The first-order valence-corrected chi connectivity index (χ1v) is 12.6. The molecule has 1 aliphatic heterocycles. The van der Waals surface area contributed by atoms with Crippen LogP contribution in [-0.4, -0.2) is 48.3 Å². The maximum absolute atomic E-state index is 12.3. The summed E-state index contributed by atoms with van der Waals surface area (Å²) in [6, 6.07) is 0.216. The highest BCUT2D eigenvalue weighted by molar-refractivity contribution is 5.79. The molecule has 2 rings (SSSR count). The van der Waals surface area contributed by atoms with Gasteiger partial charge in [0, 0.05) is 13.0 Å². The van der Waals surface area contributed by atoms with Gasteiger partial charge in [-0.3, -0.25) is 10.1 Å². The Morgan fingerprint density at radius 3 is 2.61 bits per heavy atom. The number of amides is 1. The molecule has 1 amide bonds. The van der Waals surface area contributed by atoms with Crippen LogP contribution in [0.5, 0.6) is 0 Å². The molecular weight excluding hydrogens is 388 g/mol. The van der Waals surface area contributed by atoms with Gasteiger partial charge in [-0.05, 0) is 75.4 Å². The van der Waals surface area contributed by atoms with E-state index in [9.17, 15) is 4.79 Å². The van der Waals surface area contributed by atoms with E-state index in [0.29, 0.717) is 25.3 Å². The molecule has 0 aromatic heterocycles. The van der Waals surface area contributed by atoms with E-state index >= 15 is 0 Å². The number of hydrogen-bond donors (Lipinski definition) is 2. The van der Waals surface area contributed by atoms with Gasteiger partial charge < -0.3 is 10.2 Å². The van der Waals surface area contributed by atoms with Gasteiger partial charge in [-0.1, -0.05) is 58.8 Å². The molecule has 0 saturated carbocycles. The number of piperidine rings is 1. The van der Waals surface area contributed by atoms with Gasteiger partial charge in [0.05, 0.1) is 12.6 Å². The first kappa shape index (κ1) is 27.9. The van der Waals surface area contributed by atoms with Crippen LogP contribution >= 0.6 is 0 Å². The number of rotatable bonds is 13. The van der Waals surface area contributed by atoms with Crippen LogP contribution in [0.1, 0.15) is 92.4 Å². The standard InChI is InChI=1S/C23H40N2O3.C3H8/c1-18(2)12-13-24-17-19(3)6-4-7-20-8-10-22-21(16-20)9-11-23(26)25(22)14-5-15-28-27;1-3-2/h8,16,18-19,22,24,27H,4-7,9-15,17H2,1-3H3;3H2,1-2H3. The quantitative estimate of drug-likeness (QED) is 0.212. The number of likely N-dealkylation sites (tertiary alicyclic amines) is 1. The SMILES string of the molecule is CC(C)CCNCC(C)CCCC1=CCC2C(=C1)CCC(=O)N2CCCOO.CCC. The average Bonchev–Trinajstić information content (AvgIpc) is 2.73. The van der Waals surface area contributed by atoms with Crippen molar-refractivity contribution in [1.29, 1.82) is 0 Å². The van der Waals surface area contributed by atoms with Crippen molar-refractivity contribution in [1.82, 2.24) is 10.2 Å². The van der Waals surface area contributed by atoms with E-state index in [1.54, 1.807) is 0 Å². The maximum Gasteiger partial charge on any atom is 0.223 e. The minimum atomic E-state index is 0.216. The number of carbonyl (C=O) groups is 1. The van der Waals surface area contributed by atoms with Crippen molar-refractivity contribution in [3.63, 3.8) is 0 Å². The predicted molar refractivity (Wildman–Crippen MR) is 130 cm³/mol. The zero-order valence-corrected chi connectivity index (χ0v) is 20.8. The van der Waals surface area contributed by atoms with Crippen LogP contribution in [0.15, 0.2) is 23.3 Å². The number of carbonyl (C=O) groups excluding carboxylic acids is 1. The second kappa shape index (κ2) is 16.5. The molecule has 2 aliphatic rings. The van der Waals surface area contributed by atoms with Crippen LogP contribution in [-0.2, 0) is 9.68 Å². The summed E-state index contributed by atoms with van der Waals surface area (Å²) in [5.41, 5.74) is 2.85. The molecule has 1 saturated heterocycles. The lowest BCUT2D eigenvalue weighted by atomic mass is 9.85. The van der Waals surface area contributed by atoms with Gasteiger partial charge in [-0.2, -0.15) is 0 Å². The summed E-state index contributed by atoms with van der Waals surface area (Å²) < 4.78 is 0. The van der Waals surface area contributed by atoms with Crippen LogP contribution < -0.4 is 5.32 Å². The highest BCUT2D eigenvalue weighted by atomic mass is 17.1. The molecule has 1 fully saturated rings. The number of nitrogens with one attached hydrogen (secondary N) is 1. The molecule has 31 heavy (non-hydrogen) atoms. The fourth-order valence-electron chi connectivity index (χ4n) is 4.19. The summed E-state index contributed by atoms with van der Waals surface area (Å²) in [5, 5.41) is 12.1. The molecule has 0 radical (unpaired) electrons. The molecule has 2 N–H and O–H groups in total. The summed E-state index contributed by atoms with van der Waals surface area (Å²) in [6.45, 7) is 14.3. The Labute approximate surface area is 191 Å². The van der Waals surface area contributed by atoms with Crippen LogP contribution in [0.4, 0.5) is 0 Å². The lowest BCUT2D eigenvalue weighted by molar-refractivity contribution is -0.243. The Morgan fingerprint density at radius 2 is 1.94 bits per heavy atom. The molecule has 2 unspecified atom stereocenters. The molecule has 180 valence electrons. The topological polar surface area (TPSA) is 61.8 Å².